The van der Waals surface area contributed by atoms with Gasteiger partial charge in [0.2, 0.25) is 0 Å². The van der Waals surface area contributed by atoms with Crippen LogP contribution >= 0.6 is 0 Å². The molecule has 0 saturated carbocycles. The highest BCUT2D eigenvalue weighted by atomic mass is 19.4. The monoisotopic (exact) mass is 325 g/mol. The van der Waals surface area contributed by atoms with Gasteiger partial charge in [0, 0.05) is 19.2 Å². The molecule has 0 N–H and O–H groups in total. The van der Waals surface area contributed by atoms with Crippen LogP contribution in [-0.4, -0.2) is 26.9 Å². The molecule has 0 aliphatic rings. The molecule has 0 radical (unpaired) electrons. The van der Waals surface area contributed by atoms with Crippen LogP contribution in [0.4, 0.5) is 23.4 Å². The predicted molar refractivity (Wildman–Crippen MR) is 74.3 cm³/mol. The fourth-order valence-corrected chi connectivity index (χ4v) is 2.12. The summed E-state index contributed by atoms with van der Waals surface area (Å²) in [7, 11) is 1.61. The van der Waals surface area contributed by atoms with Crippen molar-refractivity contribution in [1.29, 1.82) is 0 Å². The Kier molecular flexibility index (Phi) is 3.63. The van der Waals surface area contributed by atoms with Crippen molar-refractivity contribution >= 4 is 11.5 Å². The average molecular weight is 325 g/mol. The summed E-state index contributed by atoms with van der Waals surface area (Å²) in [5.74, 6) is -1.35. The summed E-state index contributed by atoms with van der Waals surface area (Å²) in [5, 5.41) is 10.5. The summed E-state index contributed by atoms with van der Waals surface area (Å²) in [6.07, 6.45) is -4.66. The van der Waals surface area contributed by atoms with E-state index in [0.29, 0.717) is 10.1 Å². The van der Waals surface area contributed by atoms with E-state index in [-0.39, 0.29) is 23.8 Å². The summed E-state index contributed by atoms with van der Waals surface area (Å²) in [5.41, 5.74) is 0.400. The zero-order chi connectivity index (χ0) is 16.6. The molecule has 0 aliphatic carbocycles. The van der Waals surface area contributed by atoms with Gasteiger partial charge in [-0.3, -0.25) is 0 Å². The molecule has 0 atom stereocenters. The minimum absolute atomic E-state index is 0.0135. The number of nitrogens with zero attached hydrogens (tertiary/aromatic N) is 5. The highest BCUT2D eigenvalue weighted by Crippen LogP contribution is 2.28. The molecule has 3 aromatic rings. The van der Waals surface area contributed by atoms with Gasteiger partial charge >= 0.3 is 6.18 Å². The lowest BCUT2D eigenvalue weighted by Gasteiger charge is -2.18. The zero-order valence-corrected chi connectivity index (χ0v) is 11.9. The zero-order valence-electron chi connectivity index (χ0n) is 11.9. The summed E-state index contributed by atoms with van der Waals surface area (Å²) < 4.78 is 52.9. The Morgan fingerprint density at radius 2 is 1.83 bits per heavy atom. The normalized spacial score (nSPS) is 11.9. The smallest absolute Gasteiger partial charge is 0.354 e. The van der Waals surface area contributed by atoms with Crippen molar-refractivity contribution in [2.24, 2.45) is 0 Å². The maximum Gasteiger partial charge on any atom is 0.453 e. The molecule has 3 rings (SSSR count). The predicted octanol–water partition coefficient (Wildman–Crippen LogP) is 2.92. The SMILES string of the molecule is CN(Cc1ccccc1F)c1ccc2nnc(C(F)(F)F)n2n1. The van der Waals surface area contributed by atoms with Gasteiger partial charge in [-0.05, 0) is 18.2 Å². The maximum absolute atomic E-state index is 13.7. The second-order valence-electron chi connectivity index (χ2n) is 4.93. The van der Waals surface area contributed by atoms with E-state index >= 15 is 0 Å². The number of halogens is 4. The van der Waals surface area contributed by atoms with E-state index in [4.69, 9.17) is 0 Å². The standard InChI is InChI=1S/C14H11F4N5/c1-22(8-9-4-2-3-5-10(9)15)12-7-6-11-19-20-13(14(16,17)18)23(11)21-12/h2-7H,8H2,1H3. The minimum atomic E-state index is -4.66. The highest BCUT2D eigenvalue weighted by molar-refractivity contribution is 5.46. The van der Waals surface area contributed by atoms with Gasteiger partial charge in [0.25, 0.3) is 5.82 Å². The van der Waals surface area contributed by atoms with Crippen LogP contribution < -0.4 is 4.90 Å². The third-order valence-electron chi connectivity index (χ3n) is 3.26. The molecular weight excluding hydrogens is 314 g/mol. The van der Waals surface area contributed by atoms with Gasteiger partial charge in [-0.1, -0.05) is 18.2 Å². The summed E-state index contributed by atoms with van der Waals surface area (Å²) in [6.45, 7) is 0.161. The molecule has 0 spiro atoms. The lowest BCUT2D eigenvalue weighted by Crippen LogP contribution is -2.20. The van der Waals surface area contributed by atoms with Crippen LogP contribution in [0.25, 0.3) is 5.65 Å². The van der Waals surface area contributed by atoms with Crippen LogP contribution in [0.5, 0.6) is 0 Å². The van der Waals surface area contributed by atoms with E-state index in [1.807, 2.05) is 0 Å². The van der Waals surface area contributed by atoms with E-state index in [1.165, 1.54) is 23.1 Å². The van der Waals surface area contributed by atoms with E-state index in [9.17, 15) is 17.6 Å². The lowest BCUT2D eigenvalue weighted by atomic mass is 10.2. The Morgan fingerprint density at radius 1 is 1.09 bits per heavy atom. The highest BCUT2D eigenvalue weighted by Gasteiger charge is 2.37. The van der Waals surface area contributed by atoms with Crippen LogP contribution in [-0.2, 0) is 12.7 Å². The molecular formula is C14H11F4N5. The van der Waals surface area contributed by atoms with Crippen molar-refractivity contribution in [2.75, 3.05) is 11.9 Å². The number of fused-ring (bicyclic) bond motifs is 1. The number of aromatic nitrogens is 4. The maximum atomic E-state index is 13.7. The molecule has 120 valence electrons. The third kappa shape index (κ3) is 2.94. The molecule has 2 aromatic heterocycles. The number of anilines is 1. The summed E-state index contributed by atoms with van der Waals surface area (Å²) in [4.78, 5) is 1.54. The quantitative estimate of drug-likeness (QED) is 0.695. The number of benzene rings is 1. The minimum Gasteiger partial charge on any atom is -0.354 e. The molecule has 0 unspecified atom stereocenters. The van der Waals surface area contributed by atoms with Gasteiger partial charge in [-0.15, -0.1) is 15.3 Å². The van der Waals surface area contributed by atoms with Gasteiger partial charge in [-0.2, -0.15) is 17.7 Å². The van der Waals surface area contributed by atoms with E-state index in [0.717, 1.165) is 0 Å². The first-order valence-corrected chi connectivity index (χ1v) is 6.60. The Hall–Kier alpha value is -2.71. The molecule has 9 heteroatoms. The van der Waals surface area contributed by atoms with Crippen LogP contribution in [0.3, 0.4) is 0 Å². The Morgan fingerprint density at radius 3 is 2.52 bits per heavy atom. The first-order chi connectivity index (χ1) is 10.9. The second kappa shape index (κ2) is 5.49. The second-order valence-corrected chi connectivity index (χ2v) is 4.93. The fourth-order valence-electron chi connectivity index (χ4n) is 2.12. The molecule has 0 bridgehead atoms. The summed E-state index contributed by atoms with van der Waals surface area (Å²) in [6, 6.07) is 9.05. The number of alkyl halides is 3. The molecule has 0 amide bonds. The van der Waals surface area contributed by atoms with Crippen molar-refractivity contribution < 1.29 is 17.6 Å². The molecule has 0 saturated heterocycles. The van der Waals surface area contributed by atoms with Gasteiger partial charge in [-0.25, -0.2) is 4.39 Å². The van der Waals surface area contributed by atoms with E-state index in [2.05, 4.69) is 15.3 Å². The van der Waals surface area contributed by atoms with Crippen molar-refractivity contribution in [2.45, 2.75) is 12.7 Å². The van der Waals surface area contributed by atoms with Gasteiger partial charge in [0.15, 0.2) is 5.65 Å². The largest absolute Gasteiger partial charge is 0.453 e. The lowest BCUT2D eigenvalue weighted by molar-refractivity contribution is -0.146. The Bertz CT molecular complexity index is 843. The van der Waals surface area contributed by atoms with Crippen LogP contribution in [0.2, 0.25) is 0 Å². The molecule has 1 aromatic carbocycles. The number of hydrogen-bond donors (Lipinski definition) is 0. The Balaban J connectivity index is 1.95. The van der Waals surface area contributed by atoms with Crippen molar-refractivity contribution in [1.82, 2.24) is 19.8 Å². The number of hydrogen-bond acceptors (Lipinski definition) is 4. The third-order valence-corrected chi connectivity index (χ3v) is 3.26. The number of rotatable bonds is 3. The Labute approximate surface area is 128 Å². The topological polar surface area (TPSA) is 46.3 Å². The first-order valence-electron chi connectivity index (χ1n) is 6.60. The van der Waals surface area contributed by atoms with Crippen molar-refractivity contribution in [3.63, 3.8) is 0 Å². The van der Waals surface area contributed by atoms with Crippen LogP contribution in [0.1, 0.15) is 11.4 Å². The van der Waals surface area contributed by atoms with Gasteiger partial charge in [0.1, 0.15) is 11.6 Å². The fraction of sp³-hybridized carbons (Fsp3) is 0.214. The molecule has 2 heterocycles. The van der Waals surface area contributed by atoms with Crippen molar-refractivity contribution in [3.05, 3.63) is 53.6 Å². The van der Waals surface area contributed by atoms with E-state index < -0.39 is 12.0 Å². The average Bonchev–Trinajstić information content (AvgIpc) is 2.92. The van der Waals surface area contributed by atoms with Gasteiger partial charge < -0.3 is 4.90 Å². The van der Waals surface area contributed by atoms with Crippen LogP contribution in [0, 0.1) is 5.82 Å². The van der Waals surface area contributed by atoms with Crippen molar-refractivity contribution in [3.8, 4) is 0 Å². The molecule has 23 heavy (non-hydrogen) atoms. The van der Waals surface area contributed by atoms with Crippen LogP contribution in [0.15, 0.2) is 36.4 Å². The first kappa shape index (κ1) is 15.2. The molecule has 0 aliphatic heterocycles. The molecule has 5 nitrogen and oxygen atoms in total. The van der Waals surface area contributed by atoms with E-state index in [1.54, 1.807) is 25.2 Å². The van der Waals surface area contributed by atoms with Gasteiger partial charge in [0.05, 0.1) is 0 Å². The molecule has 0 fully saturated rings. The summed E-state index contributed by atoms with van der Waals surface area (Å²) >= 11 is 0.